The van der Waals surface area contributed by atoms with Crippen LogP contribution < -0.4 is 10.1 Å². The van der Waals surface area contributed by atoms with Crippen molar-refractivity contribution in [2.24, 2.45) is 0 Å². The molecule has 0 aliphatic carbocycles. The molecule has 21 heavy (non-hydrogen) atoms. The van der Waals surface area contributed by atoms with Crippen LogP contribution in [0.25, 0.3) is 12.2 Å². The molecular formula is C16H11F2NO2. The van der Waals surface area contributed by atoms with Gasteiger partial charge in [0, 0.05) is 11.6 Å². The molecule has 1 aliphatic rings. The molecule has 1 heterocycles. The van der Waals surface area contributed by atoms with Gasteiger partial charge in [0.2, 0.25) is 0 Å². The highest BCUT2D eigenvalue weighted by atomic mass is 19.1. The summed E-state index contributed by atoms with van der Waals surface area (Å²) in [7, 11) is 0. The molecule has 0 spiro atoms. The number of nitrogens with one attached hydrogen (secondary N) is 1. The number of ether oxygens (including phenoxy) is 1. The molecule has 3 rings (SSSR count). The lowest BCUT2D eigenvalue weighted by atomic mass is 10.1. The maximum atomic E-state index is 13.5. The first-order valence-corrected chi connectivity index (χ1v) is 6.32. The topological polar surface area (TPSA) is 38.3 Å². The summed E-state index contributed by atoms with van der Waals surface area (Å²) in [4.78, 5) is 11.3. The minimum absolute atomic E-state index is 0.00295. The number of carbonyl (C=O) groups excluding carboxylic acids is 1. The van der Waals surface area contributed by atoms with E-state index in [0.717, 1.165) is 11.6 Å². The molecule has 0 fully saturated rings. The summed E-state index contributed by atoms with van der Waals surface area (Å²) >= 11 is 0. The van der Waals surface area contributed by atoms with E-state index in [1.165, 1.54) is 12.1 Å². The smallest absolute Gasteiger partial charge is 0.262 e. The van der Waals surface area contributed by atoms with E-state index in [0.29, 0.717) is 11.4 Å². The Balaban J connectivity index is 1.86. The van der Waals surface area contributed by atoms with Crippen LogP contribution in [0.4, 0.5) is 14.5 Å². The van der Waals surface area contributed by atoms with Crippen LogP contribution >= 0.6 is 0 Å². The van der Waals surface area contributed by atoms with Crippen molar-refractivity contribution in [1.29, 1.82) is 0 Å². The van der Waals surface area contributed by atoms with E-state index in [1.54, 1.807) is 30.4 Å². The molecule has 0 saturated carbocycles. The number of rotatable bonds is 2. The van der Waals surface area contributed by atoms with Crippen molar-refractivity contribution in [2.75, 3.05) is 11.9 Å². The molecule has 2 aromatic rings. The summed E-state index contributed by atoms with van der Waals surface area (Å²) in [5.74, 6) is -0.855. The van der Waals surface area contributed by atoms with Crippen molar-refractivity contribution in [3.05, 3.63) is 59.2 Å². The van der Waals surface area contributed by atoms with E-state index in [1.807, 2.05) is 0 Å². The molecule has 2 aromatic carbocycles. The van der Waals surface area contributed by atoms with Crippen LogP contribution in [0.3, 0.4) is 0 Å². The first-order valence-electron chi connectivity index (χ1n) is 6.32. The molecule has 0 radical (unpaired) electrons. The molecule has 3 nitrogen and oxygen atoms in total. The van der Waals surface area contributed by atoms with Gasteiger partial charge in [-0.05, 0) is 29.8 Å². The van der Waals surface area contributed by atoms with Gasteiger partial charge in [-0.25, -0.2) is 8.78 Å². The zero-order valence-electron chi connectivity index (χ0n) is 10.9. The fraction of sp³-hybridized carbons (Fsp3) is 0.0625. The van der Waals surface area contributed by atoms with Crippen LogP contribution in [0.2, 0.25) is 0 Å². The summed E-state index contributed by atoms with van der Waals surface area (Å²) < 4.78 is 31.6. The standard InChI is InChI=1S/C16H11F2NO2/c17-12-5-4-11(13(18)8-12)3-1-10-2-6-15-14(7-10)19-16(20)9-21-15/h1-8H,9H2,(H,19,20)/b3-1+. The molecular weight excluding hydrogens is 276 g/mol. The highest BCUT2D eigenvalue weighted by molar-refractivity contribution is 5.95. The van der Waals surface area contributed by atoms with Crippen molar-refractivity contribution in [3.63, 3.8) is 0 Å². The van der Waals surface area contributed by atoms with E-state index >= 15 is 0 Å². The number of amides is 1. The lowest BCUT2D eigenvalue weighted by molar-refractivity contribution is -0.118. The summed E-state index contributed by atoms with van der Waals surface area (Å²) in [6, 6.07) is 8.64. The van der Waals surface area contributed by atoms with Crippen molar-refractivity contribution >= 4 is 23.7 Å². The Morgan fingerprint density at radius 3 is 2.76 bits per heavy atom. The SMILES string of the molecule is O=C1COc2ccc(/C=C/c3ccc(F)cc3F)cc2N1. The first kappa shape index (κ1) is 13.3. The van der Waals surface area contributed by atoms with Crippen LogP contribution in [0.5, 0.6) is 5.75 Å². The molecule has 0 bridgehead atoms. The Morgan fingerprint density at radius 1 is 1.10 bits per heavy atom. The van der Waals surface area contributed by atoms with Gasteiger partial charge >= 0.3 is 0 Å². The molecule has 1 aliphatic heterocycles. The summed E-state index contributed by atoms with van der Waals surface area (Å²) in [5, 5.41) is 2.70. The number of fused-ring (bicyclic) bond motifs is 1. The van der Waals surface area contributed by atoms with E-state index in [9.17, 15) is 13.6 Å². The van der Waals surface area contributed by atoms with Gasteiger partial charge in [-0.15, -0.1) is 0 Å². The average Bonchev–Trinajstić information content (AvgIpc) is 2.46. The van der Waals surface area contributed by atoms with Crippen LogP contribution in [0.1, 0.15) is 11.1 Å². The molecule has 0 unspecified atom stereocenters. The summed E-state index contributed by atoms with van der Waals surface area (Å²) in [6.45, 7) is 0.00295. The molecule has 106 valence electrons. The quantitative estimate of drug-likeness (QED) is 0.859. The average molecular weight is 287 g/mol. The van der Waals surface area contributed by atoms with Gasteiger partial charge in [0.15, 0.2) is 6.61 Å². The van der Waals surface area contributed by atoms with Gasteiger partial charge in [0.05, 0.1) is 5.69 Å². The predicted octanol–water partition coefficient (Wildman–Crippen LogP) is 3.47. The zero-order chi connectivity index (χ0) is 14.8. The first-order chi connectivity index (χ1) is 10.1. The van der Waals surface area contributed by atoms with Crippen LogP contribution in [-0.2, 0) is 4.79 Å². The van der Waals surface area contributed by atoms with Crippen LogP contribution in [0.15, 0.2) is 36.4 Å². The molecule has 1 amide bonds. The van der Waals surface area contributed by atoms with Gasteiger partial charge in [-0.2, -0.15) is 0 Å². The molecule has 5 heteroatoms. The summed E-state index contributed by atoms with van der Waals surface area (Å²) in [5.41, 5.74) is 1.63. The Morgan fingerprint density at radius 2 is 1.95 bits per heavy atom. The normalized spacial score (nSPS) is 13.7. The van der Waals surface area contributed by atoms with Crippen molar-refractivity contribution < 1.29 is 18.3 Å². The Hall–Kier alpha value is -2.69. The maximum Gasteiger partial charge on any atom is 0.262 e. The van der Waals surface area contributed by atoms with E-state index in [4.69, 9.17) is 4.74 Å². The minimum atomic E-state index is -0.624. The predicted molar refractivity (Wildman–Crippen MR) is 75.9 cm³/mol. The van der Waals surface area contributed by atoms with Crippen molar-refractivity contribution in [3.8, 4) is 5.75 Å². The number of hydrogen-bond donors (Lipinski definition) is 1. The third-order valence-electron chi connectivity index (χ3n) is 3.05. The van der Waals surface area contributed by atoms with Crippen molar-refractivity contribution in [2.45, 2.75) is 0 Å². The summed E-state index contributed by atoms with van der Waals surface area (Å²) in [6.07, 6.45) is 3.22. The fourth-order valence-electron chi connectivity index (χ4n) is 2.03. The third kappa shape index (κ3) is 2.91. The number of carbonyl (C=O) groups is 1. The minimum Gasteiger partial charge on any atom is -0.482 e. The van der Waals surface area contributed by atoms with Crippen molar-refractivity contribution in [1.82, 2.24) is 0 Å². The fourth-order valence-corrected chi connectivity index (χ4v) is 2.03. The monoisotopic (exact) mass is 287 g/mol. The van der Waals surface area contributed by atoms with Crippen LogP contribution in [-0.4, -0.2) is 12.5 Å². The van der Waals surface area contributed by atoms with E-state index in [-0.39, 0.29) is 18.1 Å². The Kier molecular flexibility index (Phi) is 3.39. The van der Waals surface area contributed by atoms with Gasteiger partial charge < -0.3 is 10.1 Å². The number of hydrogen-bond acceptors (Lipinski definition) is 2. The highest BCUT2D eigenvalue weighted by Crippen LogP contribution is 2.29. The van der Waals surface area contributed by atoms with Gasteiger partial charge in [-0.3, -0.25) is 4.79 Å². The molecule has 0 saturated heterocycles. The molecule has 0 aromatic heterocycles. The third-order valence-corrected chi connectivity index (χ3v) is 3.05. The molecule has 1 N–H and O–H groups in total. The van der Waals surface area contributed by atoms with E-state index in [2.05, 4.69) is 5.32 Å². The van der Waals surface area contributed by atoms with Gasteiger partial charge in [0.25, 0.3) is 5.91 Å². The van der Waals surface area contributed by atoms with Gasteiger partial charge in [0.1, 0.15) is 17.4 Å². The lowest BCUT2D eigenvalue weighted by Crippen LogP contribution is -2.25. The number of anilines is 1. The second-order valence-corrected chi connectivity index (χ2v) is 4.59. The number of benzene rings is 2. The Labute approximate surface area is 119 Å². The zero-order valence-corrected chi connectivity index (χ0v) is 10.9. The molecule has 0 atom stereocenters. The largest absolute Gasteiger partial charge is 0.482 e. The highest BCUT2D eigenvalue weighted by Gasteiger charge is 2.15. The maximum absolute atomic E-state index is 13.5. The van der Waals surface area contributed by atoms with Gasteiger partial charge in [-0.1, -0.05) is 18.2 Å². The van der Waals surface area contributed by atoms with E-state index < -0.39 is 11.6 Å². The van der Waals surface area contributed by atoms with Crippen LogP contribution in [0, 0.1) is 11.6 Å². The second-order valence-electron chi connectivity index (χ2n) is 4.59. The number of halogens is 2. The second kappa shape index (κ2) is 5.36. The lowest BCUT2D eigenvalue weighted by Gasteiger charge is -2.17. The Bertz CT molecular complexity index is 741.